The number of carboxylic acid groups (broad SMARTS) is 1. The quantitative estimate of drug-likeness (QED) is 0.261. The van der Waals surface area contributed by atoms with E-state index in [1.807, 2.05) is 0 Å². The van der Waals surface area contributed by atoms with Crippen LogP contribution in [0.2, 0.25) is 0 Å². The molecule has 0 aliphatic heterocycles. The third-order valence-electron chi connectivity index (χ3n) is 3.93. The lowest BCUT2D eigenvalue weighted by molar-refractivity contribution is -0.143. The molecule has 0 amide bonds. The fourth-order valence-electron chi connectivity index (χ4n) is 2.36. The van der Waals surface area contributed by atoms with Crippen LogP contribution in [0.1, 0.15) is 22.3 Å². The average molecular weight is 433 g/mol. The van der Waals surface area contributed by atoms with Gasteiger partial charge in [0.05, 0.1) is 12.0 Å². The van der Waals surface area contributed by atoms with Crippen LogP contribution in [0.4, 0.5) is 0 Å². The molecule has 0 spiro atoms. The van der Waals surface area contributed by atoms with Gasteiger partial charge in [-0.15, -0.1) is 0 Å². The van der Waals surface area contributed by atoms with Gasteiger partial charge in [0.25, 0.3) is 0 Å². The first-order chi connectivity index (χ1) is 14.4. The number of hydrogen-bond acceptors (Lipinski definition) is 8. The van der Waals surface area contributed by atoms with E-state index in [0.29, 0.717) is 17.1 Å². The Balaban J connectivity index is 1.70. The topological polar surface area (TPSA) is 136 Å². The average Bonchev–Trinajstić information content (AvgIpc) is 2.74. The number of rotatable bonds is 12. The number of aliphatic carboxylic acids is 1. The van der Waals surface area contributed by atoms with Crippen molar-refractivity contribution >= 4 is 29.5 Å². The van der Waals surface area contributed by atoms with Gasteiger partial charge in [-0.25, -0.2) is 0 Å². The van der Waals surface area contributed by atoms with Gasteiger partial charge in [-0.1, -0.05) is 30.3 Å². The molecule has 1 atom stereocenters. The Morgan fingerprint density at radius 1 is 1.07 bits per heavy atom. The van der Waals surface area contributed by atoms with E-state index in [1.165, 1.54) is 23.9 Å². The number of ether oxygens (including phenoxy) is 2. The maximum atomic E-state index is 12.4. The summed E-state index contributed by atoms with van der Waals surface area (Å²) in [5.41, 5.74) is 6.00. The Kier molecular flexibility index (Phi) is 9.17. The van der Waals surface area contributed by atoms with Gasteiger partial charge in [-0.2, -0.15) is 11.8 Å². The number of carbonyl (C=O) groups is 3. The summed E-state index contributed by atoms with van der Waals surface area (Å²) in [6, 6.07) is 12.0. The first-order valence-corrected chi connectivity index (χ1v) is 10.3. The molecule has 2 aromatic rings. The van der Waals surface area contributed by atoms with E-state index in [2.05, 4.69) is 0 Å². The molecule has 0 heterocycles. The van der Waals surface area contributed by atoms with Crippen molar-refractivity contribution in [2.75, 3.05) is 24.7 Å². The van der Waals surface area contributed by atoms with E-state index in [4.69, 9.17) is 20.3 Å². The summed E-state index contributed by atoms with van der Waals surface area (Å²) in [7, 11) is 0. The molecule has 0 fully saturated rings. The molecule has 0 aliphatic carbocycles. The van der Waals surface area contributed by atoms with Crippen LogP contribution in [-0.2, 0) is 14.3 Å². The van der Waals surface area contributed by atoms with Crippen molar-refractivity contribution in [1.29, 1.82) is 0 Å². The summed E-state index contributed by atoms with van der Waals surface area (Å²) in [6.07, 6.45) is 0.133. The van der Waals surface area contributed by atoms with Crippen LogP contribution < -0.4 is 10.5 Å². The van der Waals surface area contributed by atoms with E-state index in [-0.39, 0.29) is 42.5 Å². The molecule has 30 heavy (non-hydrogen) atoms. The second-order valence-corrected chi connectivity index (χ2v) is 7.36. The number of aromatic hydroxyl groups is 1. The van der Waals surface area contributed by atoms with Gasteiger partial charge < -0.3 is 25.4 Å². The molecule has 2 aromatic carbocycles. The van der Waals surface area contributed by atoms with Crippen molar-refractivity contribution in [1.82, 2.24) is 0 Å². The number of nitrogens with two attached hydrogens (primary N) is 1. The molecule has 1 unspecified atom stereocenters. The lowest BCUT2D eigenvalue weighted by Gasteiger charge is -2.10. The number of phenols is 1. The molecule has 2 rings (SSSR count). The van der Waals surface area contributed by atoms with E-state index in [9.17, 15) is 19.5 Å². The number of thioether (sulfide) groups is 1. The maximum Gasteiger partial charge on any atom is 0.321 e. The van der Waals surface area contributed by atoms with Crippen LogP contribution in [0.5, 0.6) is 11.5 Å². The number of benzene rings is 2. The zero-order valence-electron chi connectivity index (χ0n) is 16.2. The normalized spacial score (nSPS) is 11.5. The van der Waals surface area contributed by atoms with Gasteiger partial charge in [-0.3, -0.25) is 14.4 Å². The minimum Gasteiger partial charge on any atom is -0.507 e. The lowest BCUT2D eigenvalue weighted by atomic mass is 10.0. The summed E-state index contributed by atoms with van der Waals surface area (Å²) < 4.78 is 10.5. The molecule has 0 saturated heterocycles. The molecule has 0 bridgehead atoms. The highest BCUT2D eigenvalue weighted by Crippen LogP contribution is 2.25. The number of ketones is 1. The monoisotopic (exact) mass is 433 g/mol. The Labute approximate surface area is 178 Å². The van der Waals surface area contributed by atoms with E-state index < -0.39 is 18.0 Å². The van der Waals surface area contributed by atoms with Crippen LogP contribution in [0.3, 0.4) is 0 Å². The SMILES string of the molecule is NC(CSCCC(=O)OCCOc1ccc(C(=O)c2ccccc2)c(O)c1)C(=O)O. The summed E-state index contributed by atoms with van der Waals surface area (Å²) in [5.74, 6) is -1.03. The van der Waals surface area contributed by atoms with Gasteiger partial charge in [0.2, 0.25) is 0 Å². The standard InChI is InChI=1S/C21H23NO7S/c22-17(21(26)27)13-30-11-8-19(24)29-10-9-28-15-6-7-16(18(23)12-15)20(25)14-4-2-1-3-5-14/h1-7,12,17,23H,8-11,13,22H2,(H,26,27). The Bertz CT molecular complexity index is 873. The highest BCUT2D eigenvalue weighted by Gasteiger charge is 2.14. The smallest absolute Gasteiger partial charge is 0.321 e. The third kappa shape index (κ3) is 7.41. The lowest BCUT2D eigenvalue weighted by Crippen LogP contribution is -2.32. The Morgan fingerprint density at radius 3 is 2.47 bits per heavy atom. The summed E-state index contributed by atoms with van der Waals surface area (Å²) in [6.45, 7) is 0.0950. The Morgan fingerprint density at radius 2 is 1.80 bits per heavy atom. The van der Waals surface area contributed by atoms with Gasteiger partial charge >= 0.3 is 11.9 Å². The van der Waals surface area contributed by atoms with Crippen molar-refractivity contribution in [3.05, 3.63) is 59.7 Å². The largest absolute Gasteiger partial charge is 0.507 e. The number of carboxylic acids is 1. The molecule has 0 aliphatic rings. The summed E-state index contributed by atoms with van der Waals surface area (Å²) >= 11 is 1.26. The first kappa shape index (κ1) is 23.2. The summed E-state index contributed by atoms with van der Waals surface area (Å²) in [5, 5.41) is 18.8. The van der Waals surface area contributed by atoms with Crippen LogP contribution >= 0.6 is 11.8 Å². The van der Waals surface area contributed by atoms with Crippen molar-refractivity contribution < 1.29 is 34.1 Å². The molecule has 160 valence electrons. The minimum atomic E-state index is -1.08. The van der Waals surface area contributed by atoms with Crippen molar-refractivity contribution in [2.24, 2.45) is 5.73 Å². The number of phenolic OH excluding ortho intramolecular Hbond substituents is 1. The molecule has 8 nitrogen and oxygen atoms in total. The van der Waals surface area contributed by atoms with E-state index in [1.54, 1.807) is 36.4 Å². The van der Waals surface area contributed by atoms with Crippen molar-refractivity contribution in [3.8, 4) is 11.5 Å². The van der Waals surface area contributed by atoms with Crippen LogP contribution in [-0.4, -0.2) is 58.7 Å². The fourth-order valence-corrected chi connectivity index (χ4v) is 3.24. The summed E-state index contributed by atoms with van der Waals surface area (Å²) in [4.78, 5) is 34.6. The van der Waals surface area contributed by atoms with Crippen LogP contribution in [0.15, 0.2) is 48.5 Å². The number of carbonyl (C=O) groups excluding carboxylic acids is 2. The zero-order chi connectivity index (χ0) is 21.9. The zero-order valence-corrected chi connectivity index (χ0v) is 17.0. The first-order valence-electron chi connectivity index (χ1n) is 9.16. The second kappa shape index (κ2) is 11.8. The molecule has 0 aromatic heterocycles. The number of hydrogen-bond donors (Lipinski definition) is 3. The Hall–Kier alpha value is -3.04. The van der Waals surface area contributed by atoms with Gasteiger partial charge in [0, 0.05) is 23.1 Å². The third-order valence-corrected chi connectivity index (χ3v) is 5.02. The maximum absolute atomic E-state index is 12.4. The molecule has 4 N–H and O–H groups in total. The van der Waals surface area contributed by atoms with Crippen LogP contribution in [0.25, 0.3) is 0 Å². The fraction of sp³-hybridized carbons (Fsp3) is 0.286. The van der Waals surface area contributed by atoms with Gasteiger partial charge in [-0.05, 0) is 12.1 Å². The molecular formula is C21H23NO7S. The van der Waals surface area contributed by atoms with Crippen molar-refractivity contribution in [3.63, 3.8) is 0 Å². The molecular weight excluding hydrogens is 410 g/mol. The highest BCUT2D eigenvalue weighted by molar-refractivity contribution is 7.99. The van der Waals surface area contributed by atoms with E-state index in [0.717, 1.165) is 0 Å². The van der Waals surface area contributed by atoms with Gasteiger partial charge in [0.1, 0.15) is 30.8 Å². The highest BCUT2D eigenvalue weighted by atomic mass is 32.2. The molecule has 9 heteroatoms. The minimum absolute atomic E-state index is 0.0175. The van der Waals surface area contributed by atoms with Crippen LogP contribution in [0, 0.1) is 0 Å². The molecule has 0 saturated carbocycles. The molecule has 0 radical (unpaired) electrons. The predicted molar refractivity (Wildman–Crippen MR) is 112 cm³/mol. The predicted octanol–water partition coefficient (Wildman–Crippen LogP) is 2.08. The van der Waals surface area contributed by atoms with Crippen molar-refractivity contribution in [2.45, 2.75) is 12.5 Å². The second-order valence-electron chi connectivity index (χ2n) is 6.21. The van der Waals surface area contributed by atoms with Gasteiger partial charge in [0.15, 0.2) is 5.78 Å². The number of esters is 1. The van der Waals surface area contributed by atoms with E-state index >= 15 is 0 Å².